The van der Waals surface area contributed by atoms with Gasteiger partial charge in [0.1, 0.15) is 6.04 Å². The van der Waals surface area contributed by atoms with Crippen molar-refractivity contribution in [2.45, 2.75) is 33.4 Å². The maximum absolute atomic E-state index is 11.3. The van der Waals surface area contributed by atoms with E-state index in [2.05, 4.69) is 10.3 Å². The molecule has 88 valence electrons. The van der Waals surface area contributed by atoms with Crippen molar-refractivity contribution in [1.82, 2.24) is 10.3 Å². The number of hydrogen-bond acceptors (Lipinski definition) is 4. The highest BCUT2D eigenvalue weighted by Crippen LogP contribution is 2.01. The van der Waals surface area contributed by atoms with Crippen LogP contribution < -0.4 is 5.32 Å². The van der Waals surface area contributed by atoms with Gasteiger partial charge in [0.25, 0.3) is 0 Å². The van der Waals surface area contributed by atoms with Gasteiger partial charge in [-0.1, -0.05) is 6.07 Å². The zero-order chi connectivity index (χ0) is 12.0. The molecule has 0 aromatic carbocycles. The summed E-state index contributed by atoms with van der Waals surface area (Å²) in [6, 6.07) is 1.75. The molecular weight excluding hydrogens is 204 g/mol. The van der Waals surface area contributed by atoms with Gasteiger partial charge in [0, 0.05) is 18.9 Å². The second-order valence-corrected chi connectivity index (χ2v) is 3.73. The van der Waals surface area contributed by atoms with E-state index in [1.165, 1.54) is 0 Å². The quantitative estimate of drug-likeness (QED) is 0.766. The van der Waals surface area contributed by atoms with Crippen LogP contribution in [0.1, 0.15) is 25.0 Å². The molecule has 0 fully saturated rings. The summed E-state index contributed by atoms with van der Waals surface area (Å²) >= 11 is 0. The third-order valence-electron chi connectivity index (χ3n) is 2.18. The minimum atomic E-state index is -0.291. The Morgan fingerprint density at radius 3 is 2.94 bits per heavy atom. The van der Waals surface area contributed by atoms with E-state index in [9.17, 15) is 4.79 Å². The van der Waals surface area contributed by atoms with Gasteiger partial charge in [0.2, 0.25) is 0 Å². The van der Waals surface area contributed by atoms with Crippen LogP contribution in [-0.4, -0.2) is 23.6 Å². The number of nitrogens with one attached hydrogen (secondary N) is 1. The number of pyridine rings is 1. The first kappa shape index (κ1) is 12.6. The molecule has 1 atom stereocenters. The van der Waals surface area contributed by atoms with E-state index in [1.54, 1.807) is 26.2 Å². The van der Waals surface area contributed by atoms with Crippen molar-refractivity contribution in [3.05, 3.63) is 29.6 Å². The molecule has 16 heavy (non-hydrogen) atoms. The molecule has 0 radical (unpaired) electrons. The van der Waals surface area contributed by atoms with Crippen molar-refractivity contribution < 1.29 is 9.53 Å². The number of esters is 1. The standard InChI is InChI=1S/C12H18N2O2/c1-4-16-12(15)10(3)14-8-11-5-9(2)6-13-7-11/h5-7,10,14H,4,8H2,1-3H3. The van der Waals surface area contributed by atoms with Gasteiger partial charge < -0.3 is 10.1 Å². The molecule has 0 bridgehead atoms. The monoisotopic (exact) mass is 222 g/mol. The van der Waals surface area contributed by atoms with E-state index in [-0.39, 0.29) is 12.0 Å². The third kappa shape index (κ3) is 3.98. The van der Waals surface area contributed by atoms with E-state index in [1.807, 2.05) is 13.0 Å². The maximum atomic E-state index is 11.3. The number of aromatic nitrogens is 1. The molecular formula is C12H18N2O2. The Morgan fingerprint density at radius 1 is 1.56 bits per heavy atom. The van der Waals surface area contributed by atoms with E-state index in [4.69, 9.17) is 4.74 Å². The second kappa shape index (κ2) is 6.23. The van der Waals surface area contributed by atoms with Crippen LogP contribution in [0.5, 0.6) is 0 Å². The number of aryl methyl sites for hydroxylation is 1. The van der Waals surface area contributed by atoms with Crippen LogP contribution in [0.2, 0.25) is 0 Å². The first-order valence-electron chi connectivity index (χ1n) is 5.44. The van der Waals surface area contributed by atoms with Crippen molar-refractivity contribution in [2.24, 2.45) is 0 Å². The minimum Gasteiger partial charge on any atom is -0.465 e. The van der Waals surface area contributed by atoms with Crippen LogP contribution in [0.4, 0.5) is 0 Å². The Hall–Kier alpha value is -1.42. The molecule has 1 N–H and O–H groups in total. The van der Waals surface area contributed by atoms with Crippen molar-refractivity contribution in [3.63, 3.8) is 0 Å². The number of hydrogen-bond donors (Lipinski definition) is 1. The van der Waals surface area contributed by atoms with Gasteiger partial charge in [-0.05, 0) is 31.9 Å². The molecule has 1 aromatic rings. The fraction of sp³-hybridized carbons (Fsp3) is 0.500. The fourth-order valence-corrected chi connectivity index (χ4v) is 1.34. The van der Waals surface area contributed by atoms with E-state index >= 15 is 0 Å². The van der Waals surface area contributed by atoms with Gasteiger partial charge in [-0.25, -0.2) is 0 Å². The first-order valence-corrected chi connectivity index (χ1v) is 5.44. The maximum Gasteiger partial charge on any atom is 0.322 e. The van der Waals surface area contributed by atoms with Crippen LogP contribution in [0.3, 0.4) is 0 Å². The summed E-state index contributed by atoms with van der Waals surface area (Å²) in [7, 11) is 0. The Kier molecular flexibility index (Phi) is 4.92. The van der Waals surface area contributed by atoms with E-state index in [0.29, 0.717) is 13.2 Å². The molecule has 1 unspecified atom stereocenters. The molecule has 0 saturated carbocycles. The summed E-state index contributed by atoms with van der Waals surface area (Å²) in [4.78, 5) is 15.4. The van der Waals surface area contributed by atoms with Crippen molar-refractivity contribution >= 4 is 5.97 Å². The molecule has 1 aromatic heterocycles. The second-order valence-electron chi connectivity index (χ2n) is 3.73. The highest BCUT2D eigenvalue weighted by atomic mass is 16.5. The topological polar surface area (TPSA) is 51.2 Å². The van der Waals surface area contributed by atoms with Gasteiger partial charge in [-0.3, -0.25) is 9.78 Å². The molecule has 0 aliphatic heterocycles. The Labute approximate surface area is 96.0 Å². The molecule has 0 saturated heterocycles. The number of nitrogens with zero attached hydrogens (tertiary/aromatic N) is 1. The number of carbonyl (C=O) groups excluding carboxylic acids is 1. The molecule has 0 aliphatic carbocycles. The van der Waals surface area contributed by atoms with Crippen molar-refractivity contribution in [1.29, 1.82) is 0 Å². The van der Waals surface area contributed by atoms with Crippen LogP contribution in [0.15, 0.2) is 18.5 Å². The summed E-state index contributed by atoms with van der Waals surface area (Å²) in [5.41, 5.74) is 2.18. The lowest BCUT2D eigenvalue weighted by atomic mass is 10.2. The Balaban J connectivity index is 2.42. The predicted octanol–water partition coefficient (Wildman–Crippen LogP) is 1.43. The summed E-state index contributed by atoms with van der Waals surface area (Å²) in [5, 5.41) is 3.10. The summed E-state index contributed by atoms with van der Waals surface area (Å²) in [6.07, 6.45) is 3.59. The first-order chi connectivity index (χ1) is 7.63. The van der Waals surface area contributed by atoms with E-state index in [0.717, 1.165) is 11.1 Å². The van der Waals surface area contributed by atoms with Gasteiger partial charge in [0.15, 0.2) is 0 Å². The molecule has 1 heterocycles. The fourth-order valence-electron chi connectivity index (χ4n) is 1.34. The molecule has 0 spiro atoms. The van der Waals surface area contributed by atoms with Crippen LogP contribution in [0.25, 0.3) is 0 Å². The SMILES string of the molecule is CCOC(=O)C(C)NCc1cncc(C)c1. The molecule has 0 aliphatic rings. The summed E-state index contributed by atoms with van der Waals surface area (Å²) < 4.78 is 4.90. The molecule has 4 nitrogen and oxygen atoms in total. The average molecular weight is 222 g/mol. The van der Waals surface area contributed by atoms with Crippen molar-refractivity contribution in [3.8, 4) is 0 Å². The third-order valence-corrected chi connectivity index (χ3v) is 2.18. The number of rotatable bonds is 5. The van der Waals surface area contributed by atoms with Gasteiger partial charge >= 0.3 is 5.97 Å². The molecule has 1 rings (SSSR count). The lowest BCUT2D eigenvalue weighted by Gasteiger charge is -2.12. The minimum absolute atomic E-state index is 0.219. The van der Waals surface area contributed by atoms with Crippen molar-refractivity contribution in [2.75, 3.05) is 6.61 Å². The molecule has 4 heteroatoms. The zero-order valence-corrected chi connectivity index (χ0v) is 9.99. The van der Waals surface area contributed by atoms with E-state index < -0.39 is 0 Å². The summed E-state index contributed by atoms with van der Waals surface area (Å²) in [6.45, 7) is 6.62. The smallest absolute Gasteiger partial charge is 0.322 e. The number of ether oxygens (including phenoxy) is 1. The Bertz CT molecular complexity index is 353. The average Bonchev–Trinajstić information content (AvgIpc) is 2.26. The van der Waals surface area contributed by atoms with Crippen LogP contribution in [-0.2, 0) is 16.1 Å². The lowest BCUT2D eigenvalue weighted by molar-refractivity contribution is -0.145. The number of carbonyl (C=O) groups is 1. The largest absolute Gasteiger partial charge is 0.465 e. The predicted molar refractivity (Wildman–Crippen MR) is 61.9 cm³/mol. The lowest BCUT2D eigenvalue weighted by Crippen LogP contribution is -2.34. The molecule has 0 amide bonds. The highest BCUT2D eigenvalue weighted by molar-refractivity contribution is 5.75. The highest BCUT2D eigenvalue weighted by Gasteiger charge is 2.12. The van der Waals surface area contributed by atoms with Gasteiger partial charge in [-0.2, -0.15) is 0 Å². The Morgan fingerprint density at radius 2 is 2.31 bits per heavy atom. The van der Waals surface area contributed by atoms with Crippen LogP contribution in [0, 0.1) is 6.92 Å². The van der Waals surface area contributed by atoms with Gasteiger partial charge in [-0.15, -0.1) is 0 Å². The summed E-state index contributed by atoms with van der Waals surface area (Å²) in [5.74, 6) is -0.219. The van der Waals surface area contributed by atoms with Crippen LogP contribution >= 0.6 is 0 Å². The normalized spacial score (nSPS) is 12.2. The zero-order valence-electron chi connectivity index (χ0n) is 9.99. The van der Waals surface area contributed by atoms with Gasteiger partial charge in [0.05, 0.1) is 6.61 Å².